The fourth-order valence-corrected chi connectivity index (χ4v) is 4.53. The molecular formula is C22H22N2O3. The lowest BCUT2D eigenvalue weighted by Crippen LogP contribution is -2.58. The molecule has 2 aromatic carbocycles. The number of aromatic hydroxyl groups is 1. The first-order valence-electron chi connectivity index (χ1n) is 9.35. The summed E-state index contributed by atoms with van der Waals surface area (Å²) in [7, 11) is 0. The Labute approximate surface area is 158 Å². The van der Waals surface area contributed by atoms with Crippen LogP contribution >= 0.6 is 0 Å². The number of nitriles is 1. The molecule has 2 fully saturated rings. The summed E-state index contributed by atoms with van der Waals surface area (Å²) in [6, 6.07) is 17.3. The fraction of sp³-hybridized carbons (Fsp3) is 0.364. The van der Waals surface area contributed by atoms with Crippen molar-refractivity contribution in [3.63, 3.8) is 0 Å². The van der Waals surface area contributed by atoms with Gasteiger partial charge in [0, 0.05) is 17.5 Å². The van der Waals surface area contributed by atoms with Crippen LogP contribution < -0.4 is 5.32 Å². The van der Waals surface area contributed by atoms with E-state index in [1.807, 2.05) is 30.3 Å². The monoisotopic (exact) mass is 362 g/mol. The van der Waals surface area contributed by atoms with E-state index in [1.54, 1.807) is 12.1 Å². The van der Waals surface area contributed by atoms with Gasteiger partial charge in [-0.15, -0.1) is 0 Å². The van der Waals surface area contributed by atoms with Crippen LogP contribution in [0.15, 0.2) is 48.5 Å². The fourth-order valence-electron chi connectivity index (χ4n) is 4.53. The number of rotatable bonds is 2. The molecule has 5 atom stereocenters. The molecule has 0 spiro atoms. The van der Waals surface area contributed by atoms with Crippen molar-refractivity contribution in [2.75, 3.05) is 0 Å². The molecule has 0 radical (unpaired) electrons. The number of carbonyl (C=O) groups excluding carboxylic acids is 1. The van der Waals surface area contributed by atoms with Crippen LogP contribution in [0.1, 0.15) is 30.7 Å². The van der Waals surface area contributed by atoms with E-state index in [-0.39, 0.29) is 29.5 Å². The number of piperidine rings is 1. The van der Waals surface area contributed by atoms with Gasteiger partial charge in [0.2, 0.25) is 5.91 Å². The van der Waals surface area contributed by atoms with Crippen molar-refractivity contribution in [2.45, 2.75) is 37.3 Å². The minimum atomic E-state index is -0.978. The van der Waals surface area contributed by atoms with Crippen molar-refractivity contribution in [3.05, 3.63) is 54.1 Å². The van der Waals surface area contributed by atoms with Gasteiger partial charge in [-0.25, -0.2) is 0 Å². The summed E-state index contributed by atoms with van der Waals surface area (Å²) in [5, 5.41) is 32.6. The molecule has 5 unspecified atom stereocenters. The number of phenols is 1. The average molecular weight is 362 g/mol. The van der Waals surface area contributed by atoms with Crippen LogP contribution in [0.3, 0.4) is 0 Å². The molecule has 0 bridgehead atoms. The zero-order chi connectivity index (χ0) is 19.0. The highest BCUT2D eigenvalue weighted by Gasteiger charge is 2.46. The second-order valence-corrected chi connectivity index (χ2v) is 7.53. The first-order valence-corrected chi connectivity index (χ1v) is 9.35. The van der Waals surface area contributed by atoms with E-state index in [4.69, 9.17) is 0 Å². The molecule has 27 heavy (non-hydrogen) atoms. The van der Waals surface area contributed by atoms with E-state index in [1.165, 1.54) is 5.56 Å². The molecule has 138 valence electrons. The molecule has 1 aliphatic heterocycles. The predicted molar refractivity (Wildman–Crippen MR) is 101 cm³/mol. The van der Waals surface area contributed by atoms with E-state index in [0.29, 0.717) is 0 Å². The highest BCUT2D eigenvalue weighted by Crippen LogP contribution is 2.41. The number of amides is 1. The highest BCUT2D eigenvalue weighted by atomic mass is 16.3. The number of aliphatic hydroxyl groups is 1. The van der Waals surface area contributed by atoms with Crippen LogP contribution in [0.25, 0.3) is 11.1 Å². The molecule has 1 aliphatic carbocycles. The van der Waals surface area contributed by atoms with E-state index in [0.717, 1.165) is 30.4 Å². The summed E-state index contributed by atoms with van der Waals surface area (Å²) in [5.41, 5.74) is 2.94. The minimum Gasteiger partial charge on any atom is -0.507 e. The molecule has 2 aromatic rings. The summed E-state index contributed by atoms with van der Waals surface area (Å²) in [6.07, 6.45) is 1.58. The Balaban J connectivity index is 1.53. The van der Waals surface area contributed by atoms with E-state index >= 15 is 0 Å². The summed E-state index contributed by atoms with van der Waals surface area (Å²) in [4.78, 5) is 11.9. The molecule has 0 aromatic heterocycles. The lowest BCUT2D eigenvalue weighted by atomic mass is 9.68. The Bertz CT molecular complexity index is 887. The second kappa shape index (κ2) is 7.05. The number of fused-ring (bicyclic) bond motifs is 1. The number of hydrogen-bond acceptors (Lipinski definition) is 4. The average Bonchev–Trinajstić information content (AvgIpc) is 2.69. The zero-order valence-corrected chi connectivity index (χ0v) is 14.9. The minimum absolute atomic E-state index is 0.0473. The SMILES string of the molecule is N#CC1C(=O)NC2CCC(c3ccc(-c4ccccc4O)cc3)CC2C1O. The van der Waals surface area contributed by atoms with Gasteiger partial charge in [-0.2, -0.15) is 5.26 Å². The van der Waals surface area contributed by atoms with Gasteiger partial charge in [0.1, 0.15) is 5.75 Å². The molecule has 2 aliphatic rings. The van der Waals surface area contributed by atoms with Gasteiger partial charge in [-0.1, -0.05) is 42.5 Å². The van der Waals surface area contributed by atoms with Crippen LogP contribution in [0.5, 0.6) is 5.75 Å². The summed E-state index contributed by atoms with van der Waals surface area (Å²) in [5.74, 6) is -0.878. The van der Waals surface area contributed by atoms with Gasteiger partial charge in [0.25, 0.3) is 0 Å². The van der Waals surface area contributed by atoms with Crippen molar-refractivity contribution >= 4 is 5.91 Å². The highest BCUT2D eigenvalue weighted by molar-refractivity contribution is 5.83. The Morgan fingerprint density at radius 2 is 1.81 bits per heavy atom. The predicted octanol–water partition coefficient (Wildman–Crippen LogP) is 2.94. The first-order chi connectivity index (χ1) is 13.1. The molecule has 5 heteroatoms. The van der Waals surface area contributed by atoms with Crippen molar-refractivity contribution < 1.29 is 15.0 Å². The van der Waals surface area contributed by atoms with E-state index in [9.17, 15) is 20.3 Å². The second-order valence-electron chi connectivity index (χ2n) is 7.53. The summed E-state index contributed by atoms with van der Waals surface area (Å²) >= 11 is 0. The van der Waals surface area contributed by atoms with Crippen LogP contribution in [0.4, 0.5) is 0 Å². The maximum absolute atomic E-state index is 11.9. The maximum Gasteiger partial charge on any atom is 0.240 e. The van der Waals surface area contributed by atoms with Crippen molar-refractivity contribution in [3.8, 4) is 22.9 Å². The van der Waals surface area contributed by atoms with Crippen molar-refractivity contribution in [2.24, 2.45) is 11.8 Å². The number of aliphatic hydroxyl groups excluding tert-OH is 1. The van der Waals surface area contributed by atoms with Gasteiger partial charge >= 0.3 is 0 Å². The van der Waals surface area contributed by atoms with Crippen molar-refractivity contribution in [1.82, 2.24) is 5.32 Å². The van der Waals surface area contributed by atoms with Gasteiger partial charge in [-0.3, -0.25) is 4.79 Å². The number of para-hydroxylation sites is 1. The lowest BCUT2D eigenvalue weighted by molar-refractivity contribution is -0.135. The third kappa shape index (κ3) is 3.17. The molecule has 5 nitrogen and oxygen atoms in total. The smallest absolute Gasteiger partial charge is 0.240 e. The molecular weight excluding hydrogens is 340 g/mol. The number of benzene rings is 2. The van der Waals surface area contributed by atoms with Gasteiger partial charge in [-0.05, 0) is 42.4 Å². The quantitative estimate of drug-likeness (QED) is 0.766. The number of nitrogens with zero attached hydrogens (tertiary/aromatic N) is 1. The third-order valence-electron chi connectivity index (χ3n) is 6.03. The van der Waals surface area contributed by atoms with Crippen LogP contribution in [-0.4, -0.2) is 28.3 Å². The Hall–Kier alpha value is -2.84. The first kappa shape index (κ1) is 17.6. The normalized spacial score (nSPS) is 30.1. The number of carbonyl (C=O) groups is 1. The standard InChI is InChI=1S/C22H22N2O3/c23-12-18-21(26)17-11-15(9-10-19(17)24-22(18)27)13-5-7-14(8-6-13)16-3-1-2-4-20(16)25/h1-8,15,17-19,21,25-26H,9-11H2,(H,24,27). The number of hydrogen-bond donors (Lipinski definition) is 3. The molecule has 1 amide bonds. The molecule has 1 heterocycles. The largest absolute Gasteiger partial charge is 0.507 e. The topological polar surface area (TPSA) is 93.4 Å². The number of nitrogens with one attached hydrogen (secondary N) is 1. The Kier molecular flexibility index (Phi) is 4.59. The van der Waals surface area contributed by atoms with Crippen LogP contribution in [-0.2, 0) is 4.79 Å². The van der Waals surface area contributed by atoms with Crippen LogP contribution in [0.2, 0.25) is 0 Å². The Morgan fingerprint density at radius 1 is 1.07 bits per heavy atom. The van der Waals surface area contributed by atoms with Gasteiger partial charge in [0.15, 0.2) is 5.92 Å². The lowest BCUT2D eigenvalue weighted by Gasteiger charge is -2.43. The molecule has 1 saturated carbocycles. The van der Waals surface area contributed by atoms with E-state index < -0.39 is 12.0 Å². The summed E-state index contributed by atoms with van der Waals surface area (Å²) in [6.45, 7) is 0. The van der Waals surface area contributed by atoms with Crippen molar-refractivity contribution in [1.29, 1.82) is 5.26 Å². The summed E-state index contributed by atoms with van der Waals surface area (Å²) < 4.78 is 0. The molecule has 4 rings (SSSR count). The Morgan fingerprint density at radius 3 is 2.52 bits per heavy atom. The van der Waals surface area contributed by atoms with Gasteiger partial charge in [0.05, 0.1) is 12.2 Å². The zero-order valence-electron chi connectivity index (χ0n) is 14.9. The third-order valence-corrected chi connectivity index (χ3v) is 6.03. The maximum atomic E-state index is 11.9. The number of phenolic OH excluding ortho intramolecular Hbond substituents is 1. The van der Waals surface area contributed by atoms with Crippen LogP contribution in [0, 0.1) is 23.2 Å². The van der Waals surface area contributed by atoms with E-state index in [2.05, 4.69) is 17.4 Å². The molecule has 3 N–H and O–H groups in total. The van der Waals surface area contributed by atoms with Gasteiger partial charge < -0.3 is 15.5 Å². The molecule has 1 saturated heterocycles.